The number of aromatic amines is 1. The number of nitrogens with zero attached hydrogens (tertiary/aromatic N) is 2. The number of nitrogens with one attached hydrogen (secondary N) is 2. The zero-order valence-electron chi connectivity index (χ0n) is 16.0. The number of hydrogen-bond donors (Lipinski definition) is 3. The van der Waals surface area contributed by atoms with Crippen molar-refractivity contribution in [2.45, 2.75) is 27.2 Å². The lowest BCUT2D eigenvalue weighted by Gasteiger charge is -2.13. The predicted octanol–water partition coefficient (Wildman–Crippen LogP) is 3.07. The Morgan fingerprint density at radius 1 is 1.11 bits per heavy atom. The number of para-hydroxylation sites is 1. The Hall–Kier alpha value is -3.61. The molecule has 28 heavy (non-hydrogen) atoms. The van der Waals surface area contributed by atoms with Gasteiger partial charge in [-0.3, -0.25) is 15.2 Å². The van der Waals surface area contributed by atoms with Gasteiger partial charge in [-0.05, 0) is 44.0 Å². The molecule has 7 nitrogen and oxygen atoms in total. The minimum Gasteiger partial charge on any atom is -0.493 e. The minimum absolute atomic E-state index is 0.0382. The van der Waals surface area contributed by atoms with Gasteiger partial charge in [0.05, 0.1) is 17.1 Å². The minimum atomic E-state index is -0.711. The van der Waals surface area contributed by atoms with Crippen LogP contribution in [0.5, 0.6) is 5.88 Å². The number of H-pyrrole nitrogens is 1. The summed E-state index contributed by atoms with van der Waals surface area (Å²) < 4.78 is 1.06. The Morgan fingerprint density at radius 2 is 1.79 bits per heavy atom. The fraction of sp³-hybridized carbons (Fsp3) is 0.190. The summed E-state index contributed by atoms with van der Waals surface area (Å²) in [6.07, 6.45) is 0.377. The van der Waals surface area contributed by atoms with Crippen molar-refractivity contribution in [3.8, 4) is 11.6 Å². The van der Waals surface area contributed by atoms with E-state index in [2.05, 4.69) is 15.5 Å². The number of hydrogen-bond acceptors (Lipinski definition) is 5. The summed E-state index contributed by atoms with van der Waals surface area (Å²) in [6, 6.07) is 14.6. The molecule has 0 aliphatic carbocycles. The highest BCUT2D eigenvalue weighted by atomic mass is 16.3. The molecule has 0 aliphatic heterocycles. The Balaban J connectivity index is 2.12. The molecule has 0 amide bonds. The van der Waals surface area contributed by atoms with E-state index in [4.69, 9.17) is 0 Å². The maximum atomic E-state index is 12.4. The van der Waals surface area contributed by atoms with Crippen LogP contribution in [0, 0.1) is 13.8 Å². The molecule has 0 spiro atoms. The quantitative estimate of drug-likeness (QED) is 0.469. The molecule has 3 aromatic rings. The number of aromatic nitrogens is 2. The number of benzene rings is 2. The lowest BCUT2D eigenvalue weighted by molar-refractivity contribution is 0.429. The van der Waals surface area contributed by atoms with Crippen molar-refractivity contribution in [3.63, 3.8) is 0 Å². The highest BCUT2D eigenvalue weighted by Crippen LogP contribution is 2.19. The van der Waals surface area contributed by atoms with Crippen molar-refractivity contribution in [2.75, 3.05) is 5.43 Å². The van der Waals surface area contributed by atoms with Gasteiger partial charge in [-0.15, -0.1) is 0 Å². The van der Waals surface area contributed by atoms with Crippen LogP contribution in [0.15, 0.2) is 63.2 Å². The standard InChI is InChI=1S/C21H22N4O3/c1-4-16(23-24-17-8-6-5-7-14(17)3)18-19(26)22-21(28)25(20(18)27)15-11-9-13(2)10-12-15/h5-12,24,27H,4H2,1-3H3,(H,22,26,28). The molecule has 0 radical (unpaired) electrons. The normalized spacial score (nSPS) is 11.5. The van der Waals surface area contributed by atoms with Gasteiger partial charge in [-0.25, -0.2) is 9.36 Å². The molecule has 0 bridgehead atoms. The van der Waals surface area contributed by atoms with Gasteiger partial charge in [0, 0.05) is 0 Å². The van der Waals surface area contributed by atoms with E-state index in [1.165, 1.54) is 0 Å². The second kappa shape index (κ2) is 7.96. The van der Waals surface area contributed by atoms with E-state index in [1.54, 1.807) is 12.1 Å². The third-order valence-corrected chi connectivity index (χ3v) is 4.46. The van der Waals surface area contributed by atoms with Crippen LogP contribution >= 0.6 is 0 Å². The monoisotopic (exact) mass is 378 g/mol. The molecule has 1 aromatic heterocycles. The van der Waals surface area contributed by atoms with Crippen LogP contribution in [0.2, 0.25) is 0 Å². The molecule has 0 unspecified atom stereocenters. The van der Waals surface area contributed by atoms with Crippen molar-refractivity contribution in [3.05, 3.63) is 86.1 Å². The maximum Gasteiger partial charge on any atom is 0.335 e. The molecule has 0 saturated carbocycles. The van der Waals surface area contributed by atoms with Crippen LogP contribution in [-0.2, 0) is 0 Å². The third-order valence-electron chi connectivity index (χ3n) is 4.46. The lowest BCUT2D eigenvalue weighted by Crippen LogP contribution is -2.33. The van der Waals surface area contributed by atoms with E-state index >= 15 is 0 Å². The molecule has 0 atom stereocenters. The summed E-state index contributed by atoms with van der Waals surface area (Å²) in [6.45, 7) is 5.67. The van der Waals surface area contributed by atoms with E-state index in [1.807, 2.05) is 57.2 Å². The molecule has 0 fully saturated rings. The van der Waals surface area contributed by atoms with Gasteiger partial charge in [0.25, 0.3) is 5.56 Å². The first-order valence-corrected chi connectivity index (χ1v) is 8.96. The first kappa shape index (κ1) is 19.2. The van der Waals surface area contributed by atoms with Gasteiger partial charge < -0.3 is 5.11 Å². The van der Waals surface area contributed by atoms with Crippen molar-refractivity contribution in [2.24, 2.45) is 5.10 Å². The molecule has 3 rings (SSSR count). The Bertz CT molecular complexity index is 1140. The number of rotatable bonds is 5. The van der Waals surface area contributed by atoms with E-state index in [0.717, 1.165) is 21.4 Å². The summed E-state index contributed by atoms with van der Waals surface area (Å²) in [5, 5.41) is 15.1. The molecule has 1 heterocycles. The highest BCUT2D eigenvalue weighted by Gasteiger charge is 2.19. The van der Waals surface area contributed by atoms with Crippen LogP contribution in [-0.4, -0.2) is 20.4 Å². The summed E-state index contributed by atoms with van der Waals surface area (Å²) in [4.78, 5) is 27.0. The summed E-state index contributed by atoms with van der Waals surface area (Å²) >= 11 is 0. The van der Waals surface area contributed by atoms with Crippen molar-refractivity contribution >= 4 is 11.4 Å². The van der Waals surface area contributed by atoms with Gasteiger partial charge >= 0.3 is 5.69 Å². The van der Waals surface area contributed by atoms with Crippen LogP contribution in [0.1, 0.15) is 30.0 Å². The predicted molar refractivity (Wildman–Crippen MR) is 111 cm³/mol. The van der Waals surface area contributed by atoms with Gasteiger partial charge in [0.2, 0.25) is 5.88 Å². The van der Waals surface area contributed by atoms with Crippen LogP contribution in [0.25, 0.3) is 5.69 Å². The van der Waals surface area contributed by atoms with E-state index < -0.39 is 17.1 Å². The number of hydrazone groups is 1. The SMILES string of the molecule is CCC(=NNc1ccccc1C)c1c(O)n(-c2ccc(C)cc2)c(=O)[nH]c1=O. The van der Waals surface area contributed by atoms with Crippen molar-refractivity contribution in [1.82, 2.24) is 9.55 Å². The smallest absolute Gasteiger partial charge is 0.335 e. The average Bonchev–Trinajstić information content (AvgIpc) is 2.66. The second-order valence-corrected chi connectivity index (χ2v) is 6.47. The molecule has 144 valence electrons. The van der Waals surface area contributed by atoms with Gasteiger partial charge in [-0.2, -0.15) is 5.10 Å². The molecule has 0 aliphatic rings. The lowest BCUT2D eigenvalue weighted by atomic mass is 10.1. The zero-order valence-corrected chi connectivity index (χ0v) is 16.0. The van der Waals surface area contributed by atoms with Gasteiger partial charge in [0.15, 0.2) is 0 Å². The number of aromatic hydroxyl groups is 1. The molecular weight excluding hydrogens is 356 g/mol. The molecule has 3 N–H and O–H groups in total. The van der Waals surface area contributed by atoms with E-state index in [-0.39, 0.29) is 5.56 Å². The first-order valence-electron chi connectivity index (χ1n) is 8.96. The fourth-order valence-electron chi connectivity index (χ4n) is 2.86. The van der Waals surface area contributed by atoms with Crippen LogP contribution < -0.4 is 16.7 Å². The van der Waals surface area contributed by atoms with E-state index in [0.29, 0.717) is 17.8 Å². The number of aryl methyl sites for hydroxylation is 2. The number of anilines is 1. The molecule has 0 saturated heterocycles. The van der Waals surface area contributed by atoms with E-state index in [9.17, 15) is 14.7 Å². The second-order valence-electron chi connectivity index (χ2n) is 6.47. The van der Waals surface area contributed by atoms with Gasteiger partial charge in [0.1, 0.15) is 5.56 Å². The summed E-state index contributed by atoms with van der Waals surface area (Å²) in [7, 11) is 0. The topological polar surface area (TPSA) is 99.5 Å². The van der Waals surface area contributed by atoms with Crippen molar-refractivity contribution in [1.29, 1.82) is 0 Å². The third kappa shape index (κ3) is 3.73. The van der Waals surface area contributed by atoms with Crippen LogP contribution in [0.3, 0.4) is 0 Å². The van der Waals surface area contributed by atoms with Crippen LogP contribution in [0.4, 0.5) is 5.69 Å². The van der Waals surface area contributed by atoms with Gasteiger partial charge in [-0.1, -0.05) is 42.8 Å². The highest BCUT2D eigenvalue weighted by molar-refractivity contribution is 6.02. The Labute approximate surface area is 162 Å². The largest absolute Gasteiger partial charge is 0.493 e. The fourth-order valence-corrected chi connectivity index (χ4v) is 2.86. The molecular formula is C21H22N4O3. The van der Waals surface area contributed by atoms with Crippen molar-refractivity contribution < 1.29 is 5.11 Å². The molecule has 2 aromatic carbocycles. The first-order chi connectivity index (χ1) is 13.4. The molecule has 7 heteroatoms. The average molecular weight is 378 g/mol. The summed E-state index contributed by atoms with van der Waals surface area (Å²) in [5.41, 5.74) is 5.08. The summed E-state index contributed by atoms with van der Waals surface area (Å²) in [5.74, 6) is -0.440. The Morgan fingerprint density at radius 3 is 2.43 bits per heavy atom. The maximum absolute atomic E-state index is 12.4. The Kier molecular flexibility index (Phi) is 5.44. The zero-order chi connectivity index (χ0) is 20.3.